The van der Waals surface area contributed by atoms with Gasteiger partial charge in [-0.05, 0) is 18.2 Å². The Kier molecular flexibility index (Phi) is 3.26. The maximum Gasteiger partial charge on any atom is 0.195 e. The Hall–Kier alpha value is -1.44. The topological polar surface area (TPSA) is 37.5 Å². The quantitative estimate of drug-likeness (QED) is 0.806. The summed E-state index contributed by atoms with van der Waals surface area (Å²) in [6.45, 7) is -0.211. The maximum absolute atomic E-state index is 13.6. The lowest BCUT2D eigenvalue weighted by atomic mass is 10.3. The summed E-state index contributed by atoms with van der Waals surface area (Å²) in [4.78, 5) is 5.17. The van der Waals surface area contributed by atoms with E-state index in [1.807, 2.05) is 5.38 Å². The molecule has 3 aromatic rings. The van der Waals surface area contributed by atoms with Crippen LogP contribution in [-0.4, -0.2) is 14.5 Å². The number of nitrogens with zero attached hydrogens (tertiary/aromatic N) is 2. The fraction of sp³-hybridized carbons (Fsp3) is 0.0833. The smallest absolute Gasteiger partial charge is 0.195 e. The van der Waals surface area contributed by atoms with Gasteiger partial charge in [0.25, 0.3) is 0 Å². The van der Waals surface area contributed by atoms with Crippen molar-refractivity contribution in [3.63, 3.8) is 0 Å². The molecule has 1 aromatic carbocycles. The number of halogens is 2. The molecule has 2 aromatic heterocycles. The fourth-order valence-electron chi connectivity index (χ4n) is 1.70. The summed E-state index contributed by atoms with van der Waals surface area (Å²) in [5.41, 5.74) is 0.574. The van der Waals surface area contributed by atoms with E-state index in [0.717, 1.165) is 30.0 Å². The largest absolute Gasteiger partial charge is 0.390 e. The fourth-order valence-corrected chi connectivity index (χ4v) is 3.45. The number of thiazole rings is 1. The number of aromatic nitrogens is 2. The Morgan fingerprint density at radius 3 is 3.00 bits per heavy atom. The minimum absolute atomic E-state index is 0.153. The predicted octanol–water partition coefficient (Wildman–Crippen LogP) is 3.32. The van der Waals surface area contributed by atoms with Crippen molar-refractivity contribution in [1.82, 2.24) is 9.38 Å². The first-order valence-electron chi connectivity index (χ1n) is 5.37. The van der Waals surface area contributed by atoms with E-state index in [9.17, 15) is 13.9 Å². The van der Waals surface area contributed by atoms with E-state index < -0.39 is 11.6 Å². The van der Waals surface area contributed by atoms with Crippen molar-refractivity contribution in [1.29, 1.82) is 0 Å². The number of benzene rings is 1. The molecule has 98 valence electrons. The Morgan fingerprint density at radius 2 is 2.21 bits per heavy atom. The highest BCUT2D eigenvalue weighted by Gasteiger charge is 2.15. The van der Waals surface area contributed by atoms with E-state index in [4.69, 9.17) is 0 Å². The van der Waals surface area contributed by atoms with Gasteiger partial charge in [-0.3, -0.25) is 4.40 Å². The van der Waals surface area contributed by atoms with E-state index in [1.165, 1.54) is 11.3 Å². The highest BCUT2D eigenvalue weighted by Crippen LogP contribution is 2.33. The number of hydrogen-bond donors (Lipinski definition) is 1. The zero-order valence-corrected chi connectivity index (χ0v) is 11.1. The van der Waals surface area contributed by atoms with Gasteiger partial charge in [0.15, 0.2) is 4.96 Å². The van der Waals surface area contributed by atoms with Crippen LogP contribution in [0.4, 0.5) is 8.78 Å². The van der Waals surface area contributed by atoms with Crippen LogP contribution in [0.1, 0.15) is 5.69 Å². The Balaban J connectivity index is 2.05. The number of hydrogen-bond acceptors (Lipinski definition) is 4. The molecule has 3 nitrogen and oxygen atoms in total. The number of aliphatic hydroxyl groups is 1. The lowest BCUT2D eigenvalue weighted by molar-refractivity contribution is 0.272. The zero-order chi connectivity index (χ0) is 13.4. The number of rotatable bonds is 3. The summed E-state index contributed by atoms with van der Waals surface area (Å²) in [6.07, 6.45) is 1.78. The number of imidazole rings is 1. The average molecular weight is 298 g/mol. The summed E-state index contributed by atoms with van der Waals surface area (Å²) in [5, 5.41) is 11.7. The van der Waals surface area contributed by atoms with E-state index in [0.29, 0.717) is 15.7 Å². The molecule has 0 bridgehead atoms. The van der Waals surface area contributed by atoms with Crippen molar-refractivity contribution >= 4 is 28.1 Å². The Morgan fingerprint density at radius 1 is 1.37 bits per heavy atom. The minimum atomic E-state index is -0.508. The number of aliphatic hydroxyl groups excluding tert-OH is 1. The van der Waals surface area contributed by atoms with E-state index >= 15 is 0 Å². The molecule has 0 saturated heterocycles. The average Bonchev–Trinajstić information content (AvgIpc) is 2.94. The van der Waals surface area contributed by atoms with Gasteiger partial charge in [-0.25, -0.2) is 13.8 Å². The van der Waals surface area contributed by atoms with Gasteiger partial charge < -0.3 is 5.11 Å². The van der Waals surface area contributed by atoms with Crippen LogP contribution in [0.5, 0.6) is 0 Å². The second kappa shape index (κ2) is 4.92. The van der Waals surface area contributed by atoms with Crippen LogP contribution in [0.3, 0.4) is 0 Å². The van der Waals surface area contributed by atoms with Crippen LogP contribution < -0.4 is 0 Å². The van der Waals surface area contributed by atoms with Crippen molar-refractivity contribution in [2.45, 2.75) is 16.5 Å². The molecular weight excluding hydrogens is 290 g/mol. The van der Waals surface area contributed by atoms with Crippen molar-refractivity contribution in [2.24, 2.45) is 0 Å². The van der Waals surface area contributed by atoms with Gasteiger partial charge in [-0.15, -0.1) is 11.3 Å². The van der Waals surface area contributed by atoms with Crippen LogP contribution in [0.15, 0.2) is 39.7 Å². The molecule has 0 unspecified atom stereocenters. The molecule has 0 aliphatic heterocycles. The molecule has 0 radical (unpaired) electrons. The van der Waals surface area contributed by atoms with Crippen LogP contribution in [0, 0.1) is 11.6 Å². The van der Waals surface area contributed by atoms with Crippen molar-refractivity contribution in [3.05, 3.63) is 47.1 Å². The van der Waals surface area contributed by atoms with E-state index in [-0.39, 0.29) is 11.5 Å². The zero-order valence-electron chi connectivity index (χ0n) is 9.51. The predicted molar refractivity (Wildman–Crippen MR) is 69.5 cm³/mol. The van der Waals surface area contributed by atoms with Gasteiger partial charge in [0.2, 0.25) is 0 Å². The molecule has 3 rings (SSSR count). The van der Waals surface area contributed by atoms with Crippen LogP contribution in [0.25, 0.3) is 4.96 Å². The van der Waals surface area contributed by atoms with Gasteiger partial charge in [0, 0.05) is 11.6 Å². The molecule has 2 heterocycles. The number of fused-ring (bicyclic) bond motifs is 1. The third-order valence-corrected chi connectivity index (χ3v) is 4.38. The maximum atomic E-state index is 13.6. The van der Waals surface area contributed by atoms with Gasteiger partial charge in [-0.2, -0.15) is 0 Å². The highest BCUT2D eigenvalue weighted by atomic mass is 32.2. The molecule has 0 aliphatic rings. The second-order valence-electron chi connectivity index (χ2n) is 3.75. The molecule has 0 saturated carbocycles. The standard InChI is InChI=1S/C12H8F2N2OS2/c13-7-1-2-8(14)10(5-7)19-11-9(6-17)16-3-4-18-12(16)15-11/h1-5,17H,6H2. The second-order valence-corrected chi connectivity index (χ2v) is 5.66. The van der Waals surface area contributed by atoms with Gasteiger partial charge >= 0.3 is 0 Å². The first-order chi connectivity index (χ1) is 9.19. The summed E-state index contributed by atoms with van der Waals surface area (Å²) in [5.74, 6) is -1.01. The summed E-state index contributed by atoms with van der Waals surface area (Å²) < 4.78 is 28.5. The highest BCUT2D eigenvalue weighted by molar-refractivity contribution is 7.99. The lowest BCUT2D eigenvalue weighted by Crippen LogP contribution is -1.91. The third kappa shape index (κ3) is 2.24. The van der Waals surface area contributed by atoms with Crippen LogP contribution >= 0.6 is 23.1 Å². The molecule has 1 N–H and O–H groups in total. The summed E-state index contributed by atoms with van der Waals surface area (Å²) in [7, 11) is 0. The van der Waals surface area contributed by atoms with E-state index in [2.05, 4.69) is 4.98 Å². The molecule has 0 fully saturated rings. The Labute approximate surface area is 115 Å². The molecule has 0 spiro atoms. The summed E-state index contributed by atoms with van der Waals surface area (Å²) >= 11 is 2.42. The molecular formula is C12H8F2N2OS2. The lowest BCUT2D eigenvalue weighted by Gasteiger charge is -2.02. The van der Waals surface area contributed by atoms with Gasteiger partial charge in [-0.1, -0.05) is 11.8 Å². The van der Waals surface area contributed by atoms with Crippen LogP contribution in [0.2, 0.25) is 0 Å². The molecule has 0 atom stereocenters. The van der Waals surface area contributed by atoms with Crippen molar-refractivity contribution < 1.29 is 13.9 Å². The summed E-state index contributed by atoms with van der Waals surface area (Å²) in [6, 6.07) is 3.27. The Bertz CT molecular complexity index is 738. The molecule has 7 heteroatoms. The molecule has 0 amide bonds. The molecule has 0 aliphatic carbocycles. The van der Waals surface area contributed by atoms with Crippen molar-refractivity contribution in [3.8, 4) is 0 Å². The first-order valence-corrected chi connectivity index (χ1v) is 7.07. The monoisotopic (exact) mass is 298 g/mol. The minimum Gasteiger partial charge on any atom is -0.390 e. The van der Waals surface area contributed by atoms with E-state index in [1.54, 1.807) is 10.6 Å². The van der Waals surface area contributed by atoms with Crippen LogP contribution in [-0.2, 0) is 6.61 Å². The first kappa shape index (κ1) is 12.6. The molecule has 19 heavy (non-hydrogen) atoms. The van der Waals surface area contributed by atoms with Gasteiger partial charge in [0.05, 0.1) is 17.2 Å². The third-order valence-electron chi connectivity index (χ3n) is 2.57. The van der Waals surface area contributed by atoms with Crippen molar-refractivity contribution in [2.75, 3.05) is 0 Å². The normalized spacial score (nSPS) is 11.3. The van der Waals surface area contributed by atoms with Gasteiger partial charge in [0.1, 0.15) is 16.7 Å². The SMILES string of the molecule is OCc1c(Sc2cc(F)ccc2F)nc2sccn12.